The number of phenols is 1. The maximum atomic E-state index is 13.5. The predicted molar refractivity (Wildman–Crippen MR) is 66.8 cm³/mol. The summed E-state index contributed by atoms with van der Waals surface area (Å²) in [5, 5.41) is 11.7. The van der Waals surface area contributed by atoms with E-state index in [1.165, 1.54) is 12.1 Å². The van der Waals surface area contributed by atoms with Crippen LogP contribution in [-0.4, -0.2) is 5.11 Å². The Morgan fingerprint density at radius 3 is 2.25 bits per heavy atom. The fourth-order valence-electron chi connectivity index (χ4n) is 1.65. The van der Waals surface area contributed by atoms with E-state index in [0.717, 1.165) is 12.1 Å². The van der Waals surface area contributed by atoms with Crippen LogP contribution in [0.1, 0.15) is 11.1 Å². The zero-order valence-corrected chi connectivity index (χ0v) is 10.2. The summed E-state index contributed by atoms with van der Waals surface area (Å²) in [6.45, 7) is 0.151. The molecule has 0 bridgehead atoms. The normalized spacial score (nSPS) is 11.4. The van der Waals surface area contributed by atoms with E-state index in [0.29, 0.717) is 11.6 Å². The zero-order valence-electron chi connectivity index (χ0n) is 10.2. The number of benzene rings is 2. The lowest BCUT2D eigenvalue weighted by Gasteiger charge is -2.11. The average molecular weight is 285 g/mol. The van der Waals surface area contributed by atoms with Crippen molar-refractivity contribution in [2.24, 2.45) is 0 Å². The quantitative estimate of drug-likeness (QED) is 0.830. The minimum Gasteiger partial charge on any atom is -0.508 e. The number of nitrogens with one attached hydrogen (secondary N) is 1. The zero-order chi connectivity index (χ0) is 14.8. The van der Waals surface area contributed by atoms with Crippen molar-refractivity contribution in [2.45, 2.75) is 12.7 Å². The van der Waals surface area contributed by atoms with Gasteiger partial charge in [-0.2, -0.15) is 13.2 Å². The molecular formula is C14H11F4NO. The van der Waals surface area contributed by atoms with Gasteiger partial charge in [0, 0.05) is 6.54 Å². The summed E-state index contributed by atoms with van der Waals surface area (Å²) in [6.07, 6.45) is -4.51. The molecule has 0 heterocycles. The van der Waals surface area contributed by atoms with Crippen molar-refractivity contribution in [1.82, 2.24) is 0 Å². The lowest BCUT2D eigenvalue weighted by molar-refractivity contribution is -0.137. The van der Waals surface area contributed by atoms with Gasteiger partial charge in [0.1, 0.15) is 11.6 Å². The Kier molecular flexibility index (Phi) is 3.83. The minimum atomic E-state index is -4.51. The molecule has 0 aromatic heterocycles. The van der Waals surface area contributed by atoms with Gasteiger partial charge in [0.05, 0.1) is 11.3 Å². The van der Waals surface area contributed by atoms with Crippen molar-refractivity contribution in [1.29, 1.82) is 0 Å². The molecular weight excluding hydrogens is 274 g/mol. The Hall–Kier alpha value is -2.24. The van der Waals surface area contributed by atoms with Crippen molar-refractivity contribution in [3.05, 3.63) is 59.4 Å². The number of rotatable bonds is 3. The highest BCUT2D eigenvalue weighted by Crippen LogP contribution is 2.31. The van der Waals surface area contributed by atoms with E-state index >= 15 is 0 Å². The first-order chi connectivity index (χ1) is 9.36. The molecule has 0 atom stereocenters. The van der Waals surface area contributed by atoms with Gasteiger partial charge in [-0.3, -0.25) is 0 Å². The van der Waals surface area contributed by atoms with Crippen LogP contribution in [0.25, 0.3) is 0 Å². The van der Waals surface area contributed by atoms with E-state index in [1.807, 2.05) is 0 Å². The second-order valence-electron chi connectivity index (χ2n) is 4.21. The smallest absolute Gasteiger partial charge is 0.416 e. The second kappa shape index (κ2) is 5.40. The van der Waals surface area contributed by atoms with Crippen molar-refractivity contribution in [3.8, 4) is 5.75 Å². The molecule has 106 valence electrons. The van der Waals surface area contributed by atoms with Gasteiger partial charge in [0.2, 0.25) is 0 Å². The second-order valence-corrected chi connectivity index (χ2v) is 4.21. The molecule has 6 heteroatoms. The maximum Gasteiger partial charge on any atom is 0.416 e. The summed E-state index contributed by atoms with van der Waals surface area (Å²) < 4.78 is 51.0. The van der Waals surface area contributed by atoms with Crippen molar-refractivity contribution in [3.63, 3.8) is 0 Å². The number of halogens is 4. The van der Waals surface area contributed by atoms with Crippen molar-refractivity contribution >= 4 is 5.69 Å². The van der Waals surface area contributed by atoms with E-state index in [9.17, 15) is 17.6 Å². The van der Waals surface area contributed by atoms with E-state index in [4.69, 9.17) is 5.11 Å². The molecule has 0 saturated carbocycles. The summed E-state index contributed by atoms with van der Waals surface area (Å²) in [6, 6.07) is 8.28. The summed E-state index contributed by atoms with van der Waals surface area (Å²) in [4.78, 5) is 0. The molecule has 0 aliphatic heterocycles. The van der Waals surface area contributed by atoms with Crippen LogP contribution in [0.3, 0.4) is 0 Å². The van der Waals surface area contributed by atoms with Gasteiger partial charge in [-0.1, -0.05) is 12.1 Å². The number of hydrogen-bond donors (Lipinski definition) is 2. The monoisotopic (exact) mass is 285 g/mol. The molecule has 2 aromatic carbocycles. The van der Waals surface area contributed by atoms with Crippen molar-refractivity contribution in [2.75, 3.05) is 5.32 Å². The van der Waals surface area contributed by atoms with Crippen LogP contribution >= 0.6 is 0 Å². The van der Waals surface area contributed by atoms with Gasteiger partial charge < -0.3 is 10.4 Å². The fraction of sp³-hybridized carbons (Fsp3) is 0.143. The third-order valence-electron chi connectivity index (χ3n) is 2.71. The predicted octanol–water partition coefficient (Wildman–Crippen LogP) is 4.16. The highest BCUT2D eigenvalue weighted by Gasteiger charge is 2.31. The Balaban J connectivity index is 2.14. The standard InChI is InChI=1S/C14H11F4NO/c15-12-6-3-10(14(16,17)18)7-13(12)19-8-9-1-4-11(20)5-2-9/h1-7,19-20H,8H2. The van der Waals surface area contributed by atoms with Crippen LogP contribution in [-0.2, 0) is 12.7 Å². The van der Waals surface area contributed by atoms with Crippen LogP contribution < -0.4 is 5.32 Å². The summed E-state index contributed by atoms with van der Waals surface area (Å²) in [5.74, 6) is -0.671. The maximum absolute atomic E-state index is 13.5. The van der Waals surface area contributed by atoms with Crippen LogP contribution in [0.15, 0.2) is 42.5 Å². The minimum absolute atomic E-state index is 0.0824. The van der Waals surface area contributed by atoms with Crippen LogP contribution in [0.4, 0.5) is 23.2 Å². The van der Waals surface area contributed by atoms with Crippen molar-refractivity contribution < 1.29 is 22.7 Å². The third-order valence-corrected chi connectivity index (χ3v) is 2.71. The van der Waals surface area contributed by atoms with Gasteiger partial charge in [-0.15, -0.1) is 0 Å². The first-order valence-electron chi connectivity index (χ1n) is 5.75. The molecule has 0 aliphatic rings. The molecule has 0 spiro atoms. The molecule has 0 unspecified atom stereocenters. The molecule has 0 fully saturated rings. The van der Waals surface area contributed by atoms with Gasteiger partial charge in [0.25, 0.3) is 0 Å². The number of anilines is 1. The molecule has 0 saturated heterocycles. The molecule has 20 heavy (non-hydrogen) atoms. The molecule has 2 N–H and O–H groups in total. The van der Waals surface area contributed by atoms with E-state index in [-0.39, 0.29) is 18.0 Å². The van der Waals surface area contributed by atoms with Crippen LogP contribution in [0.2, 0.25) is 0 Å². The fourth-order valence-corrected chi connectivity index (χ4v) is 1.65. The van der Waals surface area contributed by atoms with E-state index < -0.39 is 17.6 Å². The SMILES string of the molecule is Oc1ccc(CNc2cc(C(F)(F)F)ccc2F)cc1. The molecule has 2 rings (SSSR count). The van der Waals surface area contributed by atoms with Gasteiger partial charge in [-0.25, -0.2) is 4.39 Å². The molecule has 0 radical (unpaired) electrons. The van der Waals surface area contributed by atoms with Crippen LogP contribution in [0, 0.1) is 5.82 Å². The summed E-state index contributed by atoms with van der Waals surface area (Å²) in [7, 11) is 0. The lowest BCUT2D eigenvalue weighted by Crippen LogP contribution is -2.08. The third kappa shape index (κ3) is 3.40. The Morgan fingerprint density at radius 2 is 1.65 bits per heavy atom. The Morgan fingerprint density at radius 1 is 1.00 bits per heavy atom. The van der Waals surface area contributed by atoms with Gasteiger partial charge >= 0.3 is 6.18 Å². The highest BCUT2D eigenvalue weighted by atomic mass is 19.4. The molecule has 0 aliphatic carbocycles. The summed E-state index contributed by atoms with van der Waals surface area (Å²) >= 11 is 0. The number of alkyl halides is 3. The molecule has 0 amide bonds. The summed E-state index contributed by atoms with van der Waals surface area (Å²) in [5.41, 5.74) is -0.417. The molecule has 2 aromatic rings. The van der Waals surface area contributed by atoms with Crippen LogP contribution in [0.5, 0.6) is 5.75 Å². The largest absolute Gasteiger partial charge is 0.508 e. The molecule has 2 nitrogen and oxygen atoms in total. The first kappa shape index (κ1) is 14.2. The number of aromatic hydroxyl groups is 1. The first-order valence-corrected chi connectivity index (χ1v) is 5.75. The van der Waals surface area contributed by atoms with Gasteiger partial charge in [0.15, 0.2) is 0 Å². The van der Waals surface area contributed by atoms with E-state index in [2.05, 4.69) is 5.32 Å². The lowest BCUT2D eigenvalue weighted by atomic mass is 10.1. The van der Waals surface area contributed by atoms with E-state index in [1.54, 1.807) is 12.1 Å². The Labute approximate surface area is 112 Å². The number of hydrogen-bond acceptors (Lipinski definition) is 2. The van der Waals surface area contributed by atoms with Gasteiger partial charge in [-0.05, 0) is 35.9 Å². The topological polar surface area (TPSA) is 32.3 Å². The Bertz CT molecular complexity index is 593. The average Bonchev–Trinajstić information content (AvgIpc) is 2.38. The number of phenolic OH excluding ortho intramolecular Hbond substituents is 1. The highest BCUT2D eigenvalue weighted by molar-refractivity contribution is 5.48.